The molecule has 1 rings (SSSR count). The third kappa shape index (κ3) is 1.62. The fourth-order valence-electron chi connectivity index (χ4n) is 1.27. The molecule has 0 amide bonds. The van der Waals surface area contributed by atoms with Crippen molar-refractivity contribution < 1.29 is 0 Å². The Kier molecular flexibility index (Phi) is 2.81. The summed E-state index contributed by atoms with van der Waals surface area (Å²) in [4.78, 5) is 0. The molecular formula is C11H13N. The van der Waals surface area contributed by atoms with E-state index in [4.69, 9.17) is 5.41 Å². The predicted molar refractivity (Wildman–Crippen MR) is 53.8 cm³/mol. The van der Waals surface area contributed by atoms with E-state index in [1.807, 2.05) is 19.1 Å². The van der Waals surface area contributed by atoms with Crippen LogP contribution in [0.1, 0.15) is 12.5 Å². The molecule has 1 heteroatoms. The lowest BCUT2D eigenvalue weighted by Gasteiger charge is -1.93. The lowest BCUT2D eigenvalue weighted by Crippen LogP contribution is -2.26. The van der Waals surface area contributed by atoms with E-state index in [2.05, 4.69) is 25.1 Å². The quantitative estimate of drug-likeness (QED) is 0.596. The van der Waals surface area contributed by atoms with Crippen LogP contribution in [0.25, 0.3) is 12.2 Å². The highest BCUT2D eigenvalue weighted by molar-refractivity contribution is 5.88. The van der Waals surface area contributed by atoms with E-state index in [0.717, 1.165) is 5.22 Å². The zero-order chi connectivity index (χ0) is 8.97. The first-order valence-corrected chi connectivity index (χ1v) is 4.02. The Balaban J connectivity index is 3.63. The molecule has 1 aromatic carbocycles. The molecule has 0 unspecified atom stereocenters. The zero-order valence-corrected chi connectivity index (χ0v) is 7.46. The molecule has 0 atom stereocenters. The summed E-state index contributed by atoms with van der Waals surface area (Å²) in [6, 6.07) is 6.15. The molecule has 12 heavy (non-hydrogen) atoms. The molecule has 0 heterocycles. The van der Waals surface area contributed by atoms with E-state index in [0.29, 0.717) is 0 Å². The second-order valence-electron chi connectivity index (χ2n) is 2.70. The zero-order valence-electron chi connectivity index (χ0n) is 7.46. The molecule has 0 aliphatic rings. The average Bonchev–Trinajstić information content (AvgIpc) is 2.09. The van der Waals surface area contributed by atoms with E-state index in [-0.39, 0.29) is 0 Å². The third-order valence-corrected chi connectivity index (χ3v) is 1.92. The van der Waals surface area contributed by atoms with Gasteiger partial charge in [0.25, 0.3) is 0 Å². The number of benzene rings is 1. The fraction of sp³-hybridized carbons (Fsp3) is 0.182. The maximum absolute atomic E-state index is 7.01. The molecule has 0 aromatic heterocycles. The van der Waals surface area contributed by atoms with Gasteiger partial charge in [-0.2, -0.15) is 0 Å². The summed E-state index contributed by atoms with van der Waals surface area (Å²) in [7, 11) is 0. The Morgan fingerprint density at radius 3 is 2.67 bits per heavy atom. The minimum absolute atomic E-state index is 1.15. The van der Waals surface area contributed by atoms with E-state index >= 15 is 0 Å². The summed E-state index contributed by atoms with van der Waals surface area (Å²) in [6.45, 7) is 4.07. The SMILES string of the molecule is C/C=c1/cccc(C)/c1=C/C=N. The summed E-state index contributed by atoms with van der Waals surface area (Å²) in [5, 5.41) is 9.36. The van der Waals surface area contributed by atoms with Gasteiger partial charge >= 0.3 is 0 Å². The highest BCUT2D eigenvalue weighted by Crippen LogP contribution is 1.83. The standard InChI is InChI=1S/C11H13N/c1-3-10-6-4-5-9(2)11(10)7-8-12/h3-8,12H,1-2H3/b10-3-,11-7-,12-8?. The maximum atomic E-state index is 7.01. The number of nitrogens with one attached hydrogen (secondary N) is 1. The Labute approximate surface area is 72.6 Å². The predicted octanol–water partition coefficient (Wildman–Crippen LogP) is 1.23. The van der Waals surface area contributed by atoms with E-state index in [1.54, 1.807) is 0 Å². The minimum Gasteiger partial charge on any atom is -0.309 e. The molecule has 0 spiro atoms. The lowest BCUT2D eigenvalue weighted by atomic mass is 10.1. The molecule has 0 saturated heterocycles. The van der Waals surface area contributed by atoms with Crippen LogP contribution in [0.3, 0.4) is 0 Å². The van der Waals surface area contributed by atoms with Crippen molar-refractivity contribution in [2.24, 2.45) is 0 Å². The molecule has 0 fully saturated rings. The van der Waals surface area contributed by atoms with Gasteiger partial charge in [0.15, 0.2) is 0 Å². The van der Waals surface area contributed by atoms with Crippen molar-refractivity contribution in [2.45, 2.75) is 13.8 Å². The molecule has 0 saturated carbocycles. The monoisotopic (exact) mass is 159 g/mol. The molecule has 0 bridgehead atoms. The maximum Gasteiger partial charge on any atom is 0.0184 e. The highest BCUT2D eigenvalue weighted by Gasteiger charge is 1.87. The summed E-state index contributed by atoms with van der Waals surface area (Å²) in [5.41, 5.74) is 1.22. The second-order valence-corrected chi connectivity index (χ2v) is 2.70. The number of rotatable bonds is 1. The van der Waals surface area contributed by atoms with Gasteiger partial charge in [0.1, 0.15) is 0 Å². The van der Waals surface area contributed by atoms with E-state index < -0.39 is 0 Å². The summed E-state index contributed by atoms with van der Waals surface area (Å²) in [6.07, 6.45) is 5.21. The summed E-state index contributed by atoms with van der Waals surface area (Å²) in [5.74, 6) is 0. The van der Waals surface area contributed by atoms with Crippen molar-refractivity contribution in [1.29, 1.82) is 5.41 Å². The van der Waals surface area contributed by atoms with Crippen molar-refractivity contribution >= 4 is 18.4 Å². The van der Waals surface area contributed by atoms with Crippen molar-refractivity contribution in [1.82, 2.24) is 0 Å². The Hall–Kier alpha value is -1.37. The van der Waals surface area contributed by atoms with Crippen molar-refractivity contribution in [3.63, 3.8) is 0 Å². The third-order valence-electron chi connectivity index (χ3n) is 1.92. The first-order chi connectivity index (χ1) is 5.79. The molecule has 1 aromatic rings. The normalized spacial score (nSPS) is 13.5. The average molecular weight is 159 g/mol. The van der Waals surface area contributed by atoms with Gasteiger partial charge in [-0.1, -0.05) is 24.3 Å². The lowest BCUT2D eigenvalue weighted by molar-refractivity contribution is 1.37. The van der Waals surface area contributed by atoms with Crippen LogP contribution < -0.4 is 10.4 Å². The first-order valence-electron chi connectivity index (χ1n) is 4.02. The Bertz CT molecular complexity index is 388. The minimum atomic E-state index is 1.15. The van der Waals surface area contributed by atoms with Gasteiger partial charge in [0.2, 0.25) is 0 Å². The van der Waals surface area contributed by atoms with Gasteiger partial charge < -0.3 is 5.41 Å². The van der Waals surface area contributed by atoms with Crippen LogP contribution in [0.15, 0.2) is 18.2 Å². The first kappa shape index (κ1) is 8.72. The Morgan fingerprint density at radius 1 is 1.33 bits per heavy atom. The van der Waals surface area contributed by atoms with Gasteiger partial charge in [0.05, 0.1) is 0 Å². The molecule has 62 valence electrons. The fourth-order valence-corrected chi connectivity index (χ4v) is 1.27. The molecule has 0 aliphatic heterocycles. The van der Waals surface area contributed by atoms with Crippen LogP contribution in [-0.2, 0) is 0 Å². The summed E-state index contributed by atoms with van der Waals surface area (Å²) < 4.78 is 0. The van der Waals surface area contributed by atoms with Gasteiger partial charge in [0, 0.05) is 6.21 Å². The van der Waals surface area contributed by atoms with Gasteiger partial charge in [-0.25, -0.2) is 0 Å². The van der Waals surface area contributed by atoms with E-state index in [1.165, 1.54) is 17.0 Å². The van der Waals surface area contributed by atoms with Gasteiger partial charge in [-0.3, -0.25) is 0 Å². The molecule has 0 aliphatic carbocycles. The molecule has 1 nitrogen and oxygen atoms in total. The largest absolute Gasteiger partial charge is 0.309 e. The number of aryl methyl sites for hydroxylation is 1. The van der Waals surface area contributed by atoms with Crippen LogP contribution in [0, 0.1) is 12.3 Å². The Morgan fingerprint density at radius 2 is 2.08 bits per heavy atom. The van der Waals surface area contributed by atoms with Crippen molar-refractivity contribution in [3.8, 4) is 0 Å². The van der Waals surface area contributed by atoms with Crippen molar-refractivity contribution in [2.75, 3.05) is 0 Å². The van der Waals surface area contributed by atoms with Crippen LogP contribution in [-0.4, -0.2) is 6.21 Å². The molecule has 0 radical (unpaired) electrons. The summed E-state index contributed by atoms with van der Waals surface area (Å²) >= 11 is 0. The smallest absolute Gasteiger partial charge is 0.0184 e. The van der Waals surface area contributed by atoms with Gasteiger partial charge in [-0.05, 0) is 35.9 Å². The molecular weight excluding hydrogens is 146 g/mol. The van der Waals surface area contributed by atoms with Crippen molar-refractivity contribution in [3.05, 3.63) is 34.2 Å². The van der Waals surface area contributed by atoms with Crippen LogP contribution >= 0.6 is 0 Å². The number of hydrogen-bond donors (Lipinski definition) is 1. The second kappa shape index (κ2) is 3.86. The van der Waals surface area contributed by atoms with Gasteiger partial charge in [-0.15, -0.1) is 0 Å². The van der Waals surface area contributed by atoms with Crippen LogP contribution in [0.4, 0.5) is 0 Å². The number of hydrogen-bond acceptors (Lipinski definition) is 1. The highest BCUT2D eigenvalue weighted by atomic mass is 14.3. The topological polar surface area (TPSA) is 23.9 Å². The van der Waals surface area contributed by atoms with Crippen LogP contribution in [0.5, 0.6) is 0 Å². The van der Waals surface area contributed by atoms with Crippen LogP contribution in [0.2, 0.25) is 0 Å². The van der Waals surface area contributed by atoms with E-state index in [9.17, 15) is 0 Å². The molecule has 1 N–H and O–H groups in total.